The lowest BCUT2D eigenvalue weighted by Crippen LogP contribution is -2.24. The second-order valence-electron chi connectivity index (χ2n) is 1.99. The molecule has 0 aliphatic heterocycles. The quantitative estimate of drug-likeness (QED) is 0.312. The van der Waals surface area contributed by atoms with Gasteiger partial charge in [0, 0.05) is 6.54 Å². The van der Waals surface area contributed by atoms with E-state index in [1.165, 1.54) is 0 Å². The van der Waals surface area contributed by atoms with Crippen LogP contribution in [0, 0.1) is 0 Å². The van der Waals surface area contributed by atoms with Crippen molar-refractivity contribution in [2.45, 2.75) is 0 Å². The Hall–Kier alpha value is -0.610. The molecule has 3 N–H and O–H groups in total. The van der Waals surface area contributed by atoms with Crippen LogP contribution in [-0.2, 0) is 9.32 Å². The summed E-state index contributed by atoms with van der Waals surface area (Å²) in [6.07, 6.45) is 4.09. The standard InChI is InChI=1S/C6H12NO4P/c1-3-6(8)7-4-5-11-12(2,9)10/h3,9-10H,1-2,4-5H2,(H,7,8). The van der Waals surface area contributed by atoms with Crippen LogP contribution < -0.4 is 5.32 Å². The van der Waals surface area contributed by atoms with E-state index in [1.54, 1.807) is 0 Å². The highest BCUT2D eigenvalue weighted by atomic mass is 31.2. The fraction of sp³-hybridized carbons (Fsp3) is 0.333. The first-order chi connectivity index (χ1) is 5.45. The monoisotopic (exact) mass is 193 g/mol. The molecule has 0 spiro atoms. The number of hydrogen-bond donors (Lipinski definition) is 3. The van der Waals surface area contributed by atoms with Crippen LogP contribution in [-0.4, -0.2) is 35.1 Å². The second kappa shape index (κ2) is 5.11. The third-order valence-corrected chi connectivity index (χ3v) is 1.48. The van der Waals surface area contributed by atoms with Gasteiger partial charge >= 0.3 is 0 Å². The molecule has 0 aromatic heterocycles. The molecule has 0 rings (SSSR count). The van der Waals surface area contributed by atoms with E-state index >= 15 is 0 Å². The average molecular weight is 193 g/mol. The highest BCUT2D eigenvalue weighted by Gasteiger charge is 2.03. The van der Waals surface area contributed by atoms with Crippen molar-refractivity contribution in [3.63, 3.8) is 0 Å². The Morgan fingerprint density at radius 1 is 1.67 bits per heavy atom. The van der Waals surface area contributed by atoms with Crippen LogP contribution in [0.1, 0.15) is 0 Å². The molecule has 1 amide bonds. The molecule has 0 bridgehead atoms. The van der Waals surface area contributed by atoms with E-state index in [-0.39, 0.29) is 19.1 Å². The van der Waals surface area contributed by atoms with Crippen LogP contribution in [0.15, 0.2) is 12.7 Å². The zero-order valence-electron chi connectivity index (χ0n) is 6.56. The summed E-state index contributed by atoms with van der Waals surface area (Å²) < 4.78 is 4.49. The van der Waals surface area contributed by atoms with Crippen LogP contribution >= 0.6 is 7.57 Å². The number of carbonyl (C=O) groups is 1. The topological polar surface area (TPSA) is 78.8 Å². The minimum Gasteiger partial charge on any atom is -0.350 e. The van der Waals surface area contributed by atoms with Crippen molar-refractivity contribution in [2.24, 2.45) is 0 Å². The van der Waals surface area contributed by atoms with Crippen LogP contribution in [0.5, 0.6) is 0 Å². The van der Waals surface area contributed by atoms with Crippen molar-refractivity contribution in [1.82, 2.24) is 5.32 Å². The molecule has 0 radical (unpaired) electrons. The van der Waals surface area contributed by atoms with Crippen molar-refractivity contribution in [3.8, 4) is 0 Å². The normalized spacial score (nSPS) is 10.8. The van der Waals surface area contributed by atoms with Gasteiger partial charge in [-0.2, -0.15) is 0 Å². The van der Waals surface area contributed by atoms with E-state index in [9.17, 15) is 4.79 Å². The van der Waals surface area contributed by atoms with Crippen LogP contribution in [0.4, 0.5) is 0 Å². The van der Waals surface area contributed by atoms with Crippen molar-refractivity contribution in [3.05, 3.63) is 12.7 Å². The number of carbonyl (C=O) groups excluding carboxylic acids is 1. The number of hydrogen-bond acceptors (Lipinski definition) is 4. The van der Waals surface area contributed by atoms with Gasteiger partial charge in [0.25, 0.3) is 0 Å². The molecule has 0 heterocycles. The maximum atomic E-state index is 10.5. The molecule has 6 heteroatoms. The van der Waals surface area contributed by atoms with Crippen molar-refractivity contribution in [1.29, 1.82) is 0 Å². The van der Waals surface area contributed by atoms with Crippen molar-refractivity contribution in [2.75, 3.05) is 13.2 Å². The number of nitrogens with one attached hydrogen (secondary N) is 1. The summed E-state index contributed by atoms with van der Waals surface area (Å²) in [5, 5.41) is 2.39. The van der Waals surface area contributed by atoms with Gasteiger partial charge in [0.05, 0.1) is 6.61 Å². The lowest BCUT2D eigenvalue weighted by Gasteiger charge is -2.09. The van der Waals surface area contributed by atoms with Gasteiger partial charge in [-0.1, -0.05) is 6.58 Å². The molecule has 12 heavy (non-hydrogen) atoms. The lowest BCUT2D eigenvalue weighted by molar-refractivity contribution is -0.116. The minimum atomic E-state index is -3.41. The first-order valence-electron chi connectivity index (χ1n) is 3.19. The summed E-state index contributed by atoms with van der Waals surface area (Å²) in [5.41, 5.74) is 0. The molecule has 0 saturated carbocycles. The highest BCUT2D eigenvalue weighted by Crippen LogP contribution is 2.34. The van der Waals surface area contributed by atoms with Gasteiger partial charge in [0.1, 0.15) is 0 Å². The Bertz CT molecular complexity index is 210. The lowest BCUT2D eigenvalue weighted by atomic mass is 10.5. The zero-order chi connectivity index (χ0) is 9.61. The molecule has 5 nitrogen and oxygen atoms in total. The Morgan fingerprint density at radius 2 is 2.25 bits per heavy atom. The number of rotatable bonds is 5. The maximum absolute atomic E-state index is 10.5. The second-order valence-corrected chi connectivity index (χ2v) is 3.58. The smallest absolute Gasteiger partial charge is 0.245 e. The largest absolute Gasteiger partial charge is 0.350 e. The fourth-order valence-corrected chi connectivity index (χ4v) is 0.822. The van der Waals surface area contributed by atoms with Crippen LogP contribution in [0.2, 0.25) is 0 Å². The Morgan fingerprint density at radius 3 is 2.67 bits per heavy atom. The summed E-state index contributed by atoms with van der Waals surface area (Å²) in [6, 6.07) is 0. The Kier molecular flexibility index (Phi) is 4.85. The van der Waals surface area contributed by atoms with E-state index in [0.29, 0.717) is 0 Å². The van der Waals surface area contributed by atoms with Gasteiger partial charge in [-0.15, -0.1) is 0 Å². The minimum absolute atomic E-state index is 0.0177. The predicted octanol–water partition coefficient (Wildman–Crippen LogP) is -0.516. The summed E-state index contributed by atoms with van der Waals surface area (Å²) in [7, 11) is -3.41. The summed E-state index contributed by atoms with van der Waals surface area (Å²) in [4.78, 5) is 27.8. The van der Waals surface area contributed by atoms with E-state index in [0.717, 1.165) is 6.08 Å². The molecule has 0 atom stereocenters. The summed E-state index contributed by atoms with van der Waals surface area (Å²) >= 11 is 0. The van der Waals surface area contributed by atoms with Crippen LogP contribution in [0.25, 0.3) is 0 Å². The molecular formula is C6H12NO4P. The van der Waals surface area contributed by atoms with Crippen LogP contribution in [0.3, 0.4) is 0 Å². The average Bonchev–Trinajstić information content (AvgIpc) is 1.96. The Labute approximate surface area is 70.9 Å². The molecule has 70 valence electrons. The maximum Gasteiger partial charge on any atom is 0.245 e. The van der Waals surface area contributed by atoms with E-state index in [2.05, 4.69) is 22.7 Å². The third kappa shape index (κ3) is 7.50. The molecule has 0 aromatic carbocycles. The SMILES string of the molecule is C=CC(=O)NCCOP(=C)(O)O. The van der Waals surface area contributed by atoms with E-state index in [1.807, 2.05) is 0 Å². The number of amides is 1. The van der Waals surface area contributed by atoms with Crippen molar-refractivity contribution >= 4 is 19.8 Å². The molecule has 0 unspecified atom stereocenters. The van der Waals surface area contributed by atoms with E-state index in [4.69, 9.17) is 9.79 Å². The fourth-order valence-electron chi connectivity index (χ4n) is 0.438. The molecular weight excluding hydrogens is 181 g/mol. The molecule has 0 fully saturated rings. The molecule has 0 aromatic rings. The van der Waals surface area contributed by atoms with Gasteiger partial charge in [-0.25, -0.2) is 0 Å². The first kappa shape index (κ1) is 11.4. The van der Waals surface area contributed by atoms with Crippen molar-refractivity contribution < 1.29 is 19.1 Å². The summed E-state index contributed by atoms with van der Waals surface area (Å²) in [6.45, 7) is 3.45. The zero-order valence-corrected chi connectivity index (χ0v) is 7.46. The van der Waals surface area contributed by atoms with Gasteiger partial charge in [0.15, 0.2) is 0 Å². The Balaban J connectivity index is 3.40. The third-order valence-electron chi connectivity index (χ3n) is 0.885. The van der Waals surface area contributed by atoms with Gasteiger partial charge < -0.3 is 19.6 Å². The predicted molar refractivity (Wildman–Crippen MR) is 47.6 cm³/mol. The van der Waals surface area contributed by atoms with Gasteiger partial charge in [-0.05, 0) is 12.4 Å². The van der Waals surface area contributed by atoms with Gasteiger partial charge in [-0.3, -0.25) is 4.79 Å². The van der Waals surface area contributed by atoms with Gasteiger partial charge in [0.2, 0.25) is 13.5 Å². The molecule has 0 saturated heterocycles. The van der Waals surface area contributed by atoms with E-state index < -0.39 is 7.57 Å². The highest BCUT2D eigenvalue weighted by molar-refractivity contribution is 7.57. The molecule has 0 aliphatic rings. The summed E-state index contributed by atoms with van der Waals surface area (Å²) in [5.74, 6) is -0.331. The molecule has 0 aliphatic carbocycles. The first-order valence-corrected chi connectivity index (χ1v) is 4.99.